The fourth-order valence-corrected chi connectivity index (χ4v) is 3.55. The van der Waals surface area contributed by atoms with Crippen molar-refractivity contribution in [1.82, 2.24) is 15.5 Å². The van der Waals surface area contributed by atoms with Gasteiger partial charge in [0.15, 0.2) is 0 Å². The second kappa shape index (κ2) is 9.48. The molecular weight excluding hydrogens is 370 g/mol. The number of carbonyl (C=O) groups is 2. The minimum absolute atomic E-state index is 0.193. The Morgan fingerprint density at radius 2 is 1.72 bits per heavy atom. The van der Waals surface area contributed by atoms with E-state index in [1.54, 1.807) is 0 Å². The standard InChI is InChI=1S/C22H33N3O4/c1-22(2,3)29-21(27)24-19-14-25(13-16-9-10-16)12-11-18(19)23-20(26)28-15-17-7-5-4-6-8-17/h4-8,16,18-19H,9-15H2,1-3H3,(H,23,26)(H,24,27)/t18-,19+/m0/s1. The van der Waals surface area contributed by atoms with Crippen LogP contribution in [0, 0.1) is 5.92 Å². The van der Waals surface area contributed by atoms with Gasteiger partial charge in [0.2, 0.25) is 0 Å². The maximum Gasteiger partial charge on any atom is 0.407 e. The van der Waals surface area contributed by atoms with E-state index in [0.29, 0.717) is 6.54 Å². The van der Waals surface area contributed by atoms with Gasteiger partial charge in [-0.15, -0.1) is 0 Å². The number of benzene rings is 1. The van der Waals surface area contributed by atoms with Gasteiger partial charge in [-0.05, 0) is 51.5 Å². The summed E-state index contributed by atoms with van der Waals surface area (Å²) in [6.07, 6.45) is 2.40. The van der Waals surface area contributed by atoms with Crippen molar-refractivity contribution in [2.24, 2.45) is 5.92 Å². The van der Waals surface area contributed by atoms with Gasteiger partial charge >= 0.3 is 12.2 Å². The van der Waals surface area contributed by atoms with Crippen LogP contribution in [0.4, 0.5) is 9.59 Å². The Bertz CT molecular complexity index is 685. The molecule has 3 rings (SSSR count). The second-order valence-corrected chi connectivity index (χ2v) is 9.06. The summed E-state index contributed by atoms with van der Waals surface area (Å²) >= 11 is 0. The number of carbonyl (C=O) groups excluding carboxylic acids is 2. The Morgan fingerprint density at radius 3 is 2.38 bits per heavy atom. The highest BCUT2D eigenvalue weighted by Gasteiger charge is 2.35. The molecule has 0 radical (unpaired) electrons. The number of hydrogen-bond acceptors (Lipinski definition) is 5. The molecule has 7 heteroatoms. The molecule has 1 heterocycles. The molecule has 1 aromatic carbocycles. The predicted octanol–water partition coefficient (Wildman–Crippen LogP) is 3.29. The molecule has 1 saturated heterocycles. The van der Waals surface area contributed by atoms with Crippen LogP contribution >= 0.6 is 0 Å². The number of likely N-dealkylation sites (tertiary alicyclic amines) is 1. The van der Waals surface area contributed by atoms with Crippen LogP contribution in [0.3, 0.4) is 0 Å². The smallest absolute Gasteiger partial charge is 0.407 e. The second-order valence-electron chi connectivity index (χ2n) is 9.06. The van der Waals surface area contributed by atoms with Crippen LogP contribution in [-0.2, 0) is 16.1 Å². The average molecular weight is 404 g/mol. The van der Waals surface area contributed by atoms with E-state index in [2.05, 4.69) is 15.5 Å². The summed E-state index contributed by atoms with van der Waals surface area (Å²) in [5, 5.41) is 5.89. The van der Waals surface area contributed by atoms with E-state index in [9.17, 15) is 9.59 Å². The molecule has 2 aliphatic rings. The number of nitrogens with zero attached hydrogens (tertiary/aromatic N) is 1. The van der Waals surface area contributed by atoms with E-state index < -0.39 is 17.8 Å². The first kappa shape index (κ1) is 21.4. The molecule has 0 bridgehead atoms. The van der Waals surface area contributed by atoms with Crippen molar-refractivity contribution in [2.75, 3.05) is 19.6 Å². The molecule has 2 amide bonds. The van der Waals surface area contributed by atoms with E-state index in [0.717, 1.165) is 31.0 Å². The normalized spacial score (nSPS) is 22.6. The molecule has 1 aromatic rings. The first-order valence-corrected chi connectivity index (χ1v) is 10.5. The molecule has 1 aliphatic heterocycles. The molecule has 2 atom stereocenters. The zero-order valence-electron chi connectivity index (χ0n) is 17.6. The van der Waals surface area contributed by atoms with Crippen molar-refractivity contribution in [1.29, 1.82) is 0 Å². The fourth-order valence-electron chi connectivity index (χ4n) is 3.55. The molecule has 7 nitrogen and oxygen atoms in total. The molecular formula is C22H33N3O4. The third kappa shape index (κ3) is 7.57. The molecule has 29 heavy (non-hydrogen) atoms. The lowest BCUT2D eigenvalue weighted by Crippen LogP contribution is -2.61. The summed E-state index contributed by atoms with van der Waals surface area (Å²) in [6.45, 7) is 8.37. The van der Waals surface area contributed by atoms with Crippen molar-refractivity contribution in [3.05, 3.63) is 35.9 Å². The minimum Gasteiger partial charge on any atom is -0.445 e. The average Bonchev–Trinajstić information content (AvgIpc) is 3.45. The van der Waals surface area contributed by atoms with E-state index in [-0.39, 0.29) is 18.7 Å². The number of alkyl carbamates (subject to hydrolysis) is 2. The van der Waals surface area contributed by atoms with Crippen LogP contribution in [0.2, 0.25) is 0 Å². The molecule has 2 N–H and O–H groups in total. The molecule has 0 unspecified atom stereocenters. The Labute approximate surface area is 173 Å². The zero-order valence-corrected chi connectivity index (χ0v) is 17.6. The van der Waals surface area contributed by atoms with E-state index in [1.165, 1.54) is 12.8 Å². The maximum atomic E-state index is 12.3. The molecule has 0 spiro atoms. The monoisotopic (exact) mass is 403 g/mol. The fraction of sp³-hybridized carbons (Fsp3) is 0.636. The summed E-state index contributed by atoms with van der Waals surface area (Å²) < 4.78 is 10.8. The minimum atomic E-state index is -0.565. The maximum absolute atomic E-state index is 12.3. The van der Waals surface area contributed by atoms with Gasteiger partial charge in [0.05, 0.1) is 12.1 Å². The summed E-state index contributed by atoms with van der Waals surface area (Å²) in [7, 11) is 0. The van der Waals surface area contributed by atoms with Crippen LogP contribution in [0.5, 0.6) is 0 Å². The lowest BCUT2D eigenvalue weighted by Gasteiger charge is -2.39. The molecule has 1 aliphatic carbocycles. The Morgan fingerprint density at radius 1 is 1.03 bits per heavy atom. The highest BCUT2D eigenvalue weighted by atomic mass is 16.6. The van der Waals surface area contributed by atoms with Crippen LogP contribution in [0.1, 0.15) is 45.6 Å². The van der Waals surface area contributed by atoms with Crippen molar-refractivity contribution in [3.63, 3.8) is 0 Å². The van der Waals surface area contributed by atoms with Crippen molar-refractivity contribution < 1.29 is 19.1 Å². The first-order valence-electron chi connectivity index (χ1n) is 10.5. The highest BCUT2D eigenvalue weighted by Crippen LogP contribution is 2.30. The van der Waals surface area contributed by atoms with E-state index >= 15 is 0 Å². The third-order valence-corrected chi connectivity index (χ3v) is 5.13. The summed E-state index contributed by atoms with van der Waals surface area (Å²) in [6, 6.07) is 9.15. The SMILES string of the molecule is CC(C)(C)OC(=O)N[C@@H]1CN(CC2CC2)CC[C@@H]1NC(=O)OCc1ccccc1. The number of piperidine rings is 1. The lowest BCUT2D eigenvalue weighted by molar-refractivity contribution is 0.0440. The molecule has 1 saturated carbocycles. The van der Waals surface area contributed by atoms with Gasteiger partial charge in [-0.25, -0.2) is 9.59 Å². The van der Waals surface area contributed by atoms with Gasteiger partial charge in [0.25, 0.3) is 0 Å². The van der Waals surface area contributed by atoms with E-state index in [4.69, 9.17) is 9.47 Å². The van der Waals surface area contributed by atoms with Gasteiger partial charge in [-0.3, -0.25) is 0 Å². The predicted molar refractivity (Wildman–Crippen MR) is 110 cm³/mol. The van der Waals surface area contributed by atoms with Gasteiger partial charge in [-0.2, -0.15) is 0 Å². The molecule has 2 fully saturated rings. The van der Waals surface area contributed by atoms with Crippen molar-refractivity contribution in [3.8, 4) is 0 Å². The van der Waals surface area contributed by atoms with Gasteiger partial charge in [0.1, 0.15) is 12.2 Å². The Hall–Kier alpha value is -2.28. The topological polar surface area (TPSA) is 79.9 Å². The molecule has 160 valence electrons. The van der Waals surface area contributed by atoms with Gasteiger partial charge < -0.3 is 25.0 Å². The zero-order chi connectivity index (χ0) is 20.9. The van der Waals surface area contributed by atoms with Gasteiger partial charge in [0, 0.05) is 19.6 Å². The number of amides is 2. The molecule has 0 aromatic heterocycles. The lowest BCUT2D eigenvalue weighted by atomic mass is 9.99. The number of rotatable bonds is 6. The number of ether oxygens (including phenoxy) is 2. The Kier molecular flexibility index (Phi) is 7.00. The van der Waals surface area contributed by atoms with Crippen LogP contribution < -0.4 is 10.6 Å². The van der Waals surface area contributed by atoms with Crippen molar-refractivity contribution >= 4 is 12.2 Å². The number of nitrogens with one attached hydrogen (secondary N) is 2. The summed E-state index contributed by atoms with van der Waals surface area (Å²) in [5.41, 5.74) is 0.370. The first-order chi connectivity index (χ1) is 13.8. The Balaban J connectivity index is 1.54. The largest absolute Gasteiger partial charge is 0.445 e. The van der Waals surface area contributed by atoms with E-state index in [1.807, 2.05) is 51.1 Å². The van der Waals surface area contributed by atoms with Crippen LogP contribution in [-0.4, -0.2) is 54.4 Å². The van der Waals surface area contributed by atoms with Crippen LogP contribution in [0.25, 0.3) is 0 Å². The summed E-state index contributed by atoms with van der Waals surface area (Å²) in [4.78, 5) is 27.0. The quantitative estimate of drug-likeness (QED) is 0.762. The van der Waals surface area contributed by atoms with Gasteiger partial charge in [-0.1, -0.05) is 30.3 Å². The summed E-state index contributed by atoms with van der Waals surface area (Å²) in [5.74, 6) is 0.775. The van der Waals surface area contributed by atoms with Crippen molar-refractivity contribution in [2.45, 2.75) is 64.3 Å². The number of hydrogen-bond donors (Lipinski definition) is 2. The third-order valence-electron chi connectivity index (χ3n) is 5.13. The highest BCUT2D eigenvalue weighted by molar-refractivity contribution is 5.70. The van der Waals surface area contributed by atoms with Crippen LogP contribution in [0.15, 0.2) is 30.3 Å².